The van der Waals surface area contributed by atoms with Gasteiger partial charge in [-0.3, -0.25) is 4.79 Å². The third-order valence-corrected chi connectivity index (χ3v) is 3.15. The molecule has 0 fully saturated rings. The van der Waals surface area contributed by atoms with E-state index >= 15 is 0 Å². The van der Waals surface area contributed by atoms with Crippen molar-refractivity contribution in [1.29, 1.82) is 0 Å². The summed E-state index contributed by atoms with van der Waals surface area (Å²) in [4.78, 5) is 11.4. The lowest BCUT2D eigenvalue weighted by atomic mass is 10.2. The van der Waals surface area contributed by atoms with Gasteiger partial charge >= 0.3 is 0 Å². The van der Waals surface area contributed by atoms with Crippen LogP contribution in [0.1, 0.15) is 24.8 Å². The van der Waals surface area contributed by atoms with E-state index < -0.39 is 0 Å². The van der Waals surface area contributed by atoms with Crippen LogP contribution in [0.4, 0.5) is 0 Å². The Morgan fingerprint density at radius 3 is 2.75 bits per heavy atom. The van der Waals surface area contributed by atoms with Crippen LogP contribution in [0.3, 0.4) is 0 Å². The minimum Gasteiger partial charge on any atom is -0.352 e. The molecule has 88 valence electrons. The maximum atomic E-state index is 11.4. The van der Waals surface area contributed by atoms with Crippen molar-refractivity contribution in [1.82, 2.24) is 5.32 Å². The first kappa shape index (κ1) is 13.5. The summed E-state index contributed by atoms with van der Waals surface area (Å²) in [6.07, 6.45) is 2.52. The molecule has 2 nitrogen and oxygen atoms in total. The lowest BCUT2D eigenvalue weighted by molar-refractivity contribution is -0.121. The molecule has 0 aliphatic heterocycles. The number of nitrogens with one attached hydrogen (secondary N) is 1. The fraction of sp³-hybridized carbons (Fsp3) is 0.417. The number of alkyl halides is 1. The fourth-order valence-electron chi connectivity index (χ4n) is 1.30. The molecule has 0 heterocycles. The molecule has 0 aliphatic carbocycles. The van der Waals surface area contributed by atoms with Gasteiger partial charge in [-0.05, 0) is 24.5 Å². The van der Waals surface area contributed by atoms with Gasteiger partial charge in [0, 0.05) is 23.3 Å². The number of hydrogen-bond donors (Lipinski definition) is 1. The monoisotopic (exact) mass is 303 g/mol. The molecule has 16 heavy (non-hydrogen) atoms. The van der Waals surface area contributed by atoms with E-state index in [0.717, 1.165) is 23.7 Å². The van der Waals surface area contributed by atoms with E-state index in [4.69, 9.17) is 11.6 Å². The van der Waals surface area contributed by atoms with Crippen LogP contribution < -0.4 is 5.32 Å². The van der Waals surface area contributed by atoms with Crippen LogP contribution in [0, 0.1) is 0 Å². The Hall–Kier alpha value is -0.540. The van der Waals surface area contributed by atoms with Crippen LogP contribution in [-0.2, 0) is 11.3 Å². The molecular formula is C12H15BrClNO. The maximum Gasteiger partial charge on any atom is 0.220 e. The van der Waals surface area contributed by atoms with Crippen molar-refractivity contribution < 1.29 is 4.79 Å². The number of unbranched alkanes of at least 4 members (excludes halogenated alkanes) is 1. The predicted molar refractivity (Wildman–Crippen MR) is 70.9 cm³/mol. The summed E-state index contributed by atoms with van der Waals surface area (Å²) < 4.78 is 0. The average Bonchev–Trinajstić information content (AvgIpc) is 2.28. The molecule has 1 rings (SSSR count). The van der Waals surface area contributed by atoms with Gasteiger partial charge in [0.05, 0.1) is 0 Å². The molecule has 1 amide bonds. The topological polar surface area (TPSA) is 29.1 Å². The summed E-state index contributed by atoms with van der Waals surface area (Å²) in [5.41, 5.74) is 0.956. The van der Waals surface area contributed by atoms with E-state index in [2.05, 4.69) is 21.2 Å². The zero-order valence-corrected chi connectivity index (χ0v) is 11.4. The van der Waals surface area contributed by atoms with Gasteiger partial charge in [-0.15, -0.1) is 0 Å². The van der Waals surface area contributed by atoms with Gasteiger partial charge in [0.2, 0.25) is 5.91 Å². The number of amides is 1. The van der Waals surface area contributed by atoms with Gasteiger partial charge in [0.15, 0.2) is 0 Å². The van der Waals surface area contributed by atoms with Crippen molar-refractivity contribution in [3.05, 3.63) is 34.9 Å². The van der Waals surface area contributed by atoms with Gasteiger partial charge in [0.25, 0.3) is 0 Å². The molecule has 0 radical (unpaired) electrons. The SMILES string of the molecule is O=C(CCCCBr)NCc1ccccc1Cl. The molecular weight excluding hydrogens is 289 g/mol. The van der Waals surface area contributed by atoms with Gasteiger partial charge in [0.1, 0.15) is 0 Å². The van der Waals surface area contributed by atoms with Crippen molar-refractivity contribution in [3.63, 3.8) is 0 Å². The number of halogens is 2. The van der Waals surface area contributed by atoms with E-state index in [0.29, 0.717) is 18.0 Å². The highest BCUT2D eigenvalue weighted by Gasteiger charge is 2.02. The normalized spacial score (nSPS) is 10.1. The van der Waals surface area contributed by atoms with Gasteiger partial charge in [-0.1, -0.05) is 45.7 Å². The van der Waals surface area contributed by atoms with E-state index in [1.165, 1.54) is 0 Å². The first-order valence-electron chi connectivity index (χ1n) is 5.30. The molecule has 0 aliphatic rings. The molecule has 0 spiro atoms. The van der Waals surface area contributed by atoms with E-state index in [1.807, 2.05) is 24.3 Å². The van der Waals surface area contributed by atoms with Crippen LogP contribution in [0.2, 0.25) is 5.02 Å². The third-order valence-electron chi connectivity index (χ3n) is 2.22. The molecule has 0 bridgehead atoms. The zero-order valence-electron chi connectivity index (χ0n) is 9.01. The van der Waals surface area contributed by atoms with Crippen LogP contribution in [0.5, 0.6) is 0 Å². The van der Waals surface area contributed by atoms with E-state index in [-0.39, 0.29) is 5.91 Å². The Bertz CT molecular complexity index is 344. The Morgan fingerprint density at radius 2 is 2.06 bits per heavy atom. The number of carbonyl (C=O) groups is 1. The lowest BCUT2D eigenvalue weighted by Crippen LogP contribution is -2.22. The number of carbonyl (C=O) groups excluding carboxylic acids is 1. The van der Waals surface area contributed by atoms with Gasteiger partial charge in [-0.2, -0.15) is 0 Å². The first-order valence-corrected chi connectivity index (χ1v) is 6.80. The molecule has 0 atom stereocenters. The predicted octanol–water partition coefficient (Wildman–Crippen LogP) is 3.52. The summed E-state index contributed by atoms with van der Waals surface area (Å²) >= 11 is 9.31. The van der Waals surface area contributed by atoms with Gasteiger partial charge < -0.3 is 5.32 Å². The highest BCUT2D eigenvalue weighted by atomic mass is 79.9. The Kier molecular flexibility index (Phi) is 6.50. The fourth-order valence-corrected chi connectivity index (χ4v) is 1.90. The second-order valence-corrected chi connectivity index (χ2v) is 4.71. The quantitative estimate of drug-likeness (QED) is 0.632. The smallest absolute Gasteiger partial charge is 0.220 e. The summed E-state index contributed by atoms with van der Waals surface area (Å²) in [5.74, 6) is 0.0841. The molecule has 0 saturated heterocycles. The molecule has 0 unspecified atom stereocenters. The molecule has 0 aromatic heterocycles. The number of benzene rings is 1. The number of rotatable bonds is 6. The highest BCUT2D eigenvalue weighted by Crippen LogP contribution is 2.14. The Labute approximate surface area is 110 Å². The van der Waals surface area contributed by atoms with Gasteiger partial charge in [-0.25, -0.2) is 0 Å². The minimum absolute atomic E-state index is 0.0841. The second kappa shape index (κ2) is 7.69. The van der Waals surface area contributed by atoms with E-state index in [1.54, 1.807) is 0 Å². The standard InChI is InChI=1S/C12H15BrClNO/c13-8-4-3-7-12(16)15-9-10-5-1-2-6-11(10)14/h1-2,5-6H,3-4,7-9H2,(H,15,16). The molecule has 1 aromatic rings. The molecule has 0 saturated carbocycles. The van der Waals surface area contributed by atoms with Crippen molar-refractivity contribution in [3.8, 4) is 0 Å². The lowest BCUT2D eigenvalue weighted by Gasteiger charge is -2.06. The number of hydrogen-bond acceptors (Lipinski definition) is 1. The third kappa shape index (κ3) is 4.99. The minimum atomic E-state index is 0.0841. The zero-order chi connectivity index (χ0) is 11.8. The van der Waals surface area contributed by atoms with Crippen molar-refractivity contribution in [2.45, 2.75) is 25.8 Å². The summed E-state index contributed by atoms with van der Waals surface area (Å²) in [6.45, 7) is 0.507. The Balaban J connectivity index is 2.29. The summed E-state index contributed by atoms with van der Waals surface area (Å²) in [7, 11) is 0. The summed E-state index contributed by atoms with van der Waals surface area (Å²) in [5, 5.41) is 4.51. The molecule has 1 N–H and O–H groups in total. The first-order chi connectivity index (χ1) is 7.74. The van der Waals surface area contributed by atoms with E-state index in [9.17, 15) is 4.79 Å². The maximum absolute atomic E-state index is 11.4. The Morgan fingerprint density at radius 1 is 1.31 bits per heavy atom. The summed E-state index contributed by atoms with van der Waals surface area (Å²) in [6, 6.07) is 7.54. The van der Waals surface area contributed by atoms with Crippen LogP contribution in [0.25, 0.3) is 0 Å². The molecule has 1 aromatic carbocycles. The van der Waals surface area contributed by atoms with Crippen LogP contribution >= 0.6 is 27.5 Å². The van der Waals surface area contributed by atoms with Crippen LogP contribution in [0.15, 0.2) is 24.3 Å². The van der Waals surface area contributed by atoms with Crippen LogP contribution in [-0.4, -0.2) is 11.2 Å². The second-order valence-electron chi connectivity index (χ2n) is 3.51. The largest absolute Gasteiger partial charge is 0.352 e. The molecule has 4 heteroatoms. The van der Waals surface area contributed by atoms with Crippen molar-refractivity contribution >= 4 is 33.4 Å². The van der Waals surface area contributed by atoms with Crippen molar-refractivity contribution in [2.24, 2.45) is 0 Å². The highest BCUT2D eigenvalue weighted by molar-refractivity contribution is 9.09. The van der Waals surface area contributed by atoms with Crippen molar-refractivity contribution in [2.75, 3.05) is 5.33 Å². The average molecular weight is 305 g/mol.